The Kier molecular flexibility index (Phi) is 8.89. The number of fused-ring (bicyclic) bond motifs is 9. The molecule has 0 bridgehead atoms. The number of aryl methyl sites for hydroxylation is 2. The third-order valence-corrected chi connectivity index (χ3v) is 16.3. The highest BCUT2D eigenvalue weighted by Crippen LogP contribution is 2.52. The molecule has 0 spiro atoms. The van der Waals surface area contributed by atoms with Gasteiger partial charge in [-0.25, -0.2) is 0 Å². The molecule has 6 aromatic carbocycles. The van der Waals surface area contributed by atoms with E-state index in [1.807, 2.05) is 11.3 Å². The molecule has 0 saturated heterocycles. The Morgan fingerprint density at radius 2 is 1.03 bits per heavy atom. The summed E-state index contributed by atoms with van der Waals surface area (Å²) in [5, 5.41) is 2.74. The molecule has 7 aromatic rings. The van der Waals surface area contributed by atoms with Crippen molar-refractivity contribution in [2.45, 2.75) is 144 Å². The first kappa shape index (κ1) is 41.2. The fourth-order valence-electron chi connectivity index (χ4n) is 11.0. The summed E-state index contributed by atoms with van der Waals surface area (Å²) in [5.74, 6) is 0. The molecule has 2 aliphatic heterocycles. The first-order valence-corrected chi connectivity index (χ1v) is 23.9. The highest BCUT2D eigenvalue weighted by Gasteiger charge is 2.48. The van der Waals surface area contributed by atoms with Gasteiger partial charge in [0, 0.05) is 48.9 Å². The molecule has 0 N–H and O–H groups in total. The Balaban J connectivity index is 1.40. The fraction of sp³-hybridized carbons (Fsp3) is 0.379. The van der Waals surface area contributed by atoms with Gasteiger partial charge in [-0.05, 0) is 163 Å². The number of anilines is 6. The van der Waals surface area contributed by atoms with E-state index in [1.54, 1.807) is 0 Å². The van der Waals surface area contributed by atoms with Gasteiger partial charge in [-0.15, -0.1) is 11.3 Å². The van der Waals surface area contributed by atoms with Gasteiger partial charge in [0.2, 0.25) is 0 Å². The Morgan fingerprint density at radius 1 is 0.484 bits per heavy atom. The highest BCUT2D eigenvalue weighted by molar-refractivity contribution is 7.28. The summed E-state index contributed by atoms with van der Waals surface area (Å²) in [6.45, 7) is 35.7. The molecule has 3 heterocycles. The van der Waals surface area contributed by atoms with E-state index in [0.717, 1.165) is 0 Å². The molecule has 0 atom stereocenters. The quantitative estimate of drug-likeness (QED) is 0.160. The van der Waals surface area contributed by atoms with Crippen molar-refractivity contribution in [3.05, 3.63) is 136 Å². The zero-order valence-corrected chi connectivity index (χ0v) is 40.8. The van der Waals surface area contributed by atoms with Gasteiger partial charge >= 0.3 is 0 Å². The van der Waals surface area contributed by atoms with Crippen molar-refractivity contribution in [3.63, 3.8) is 0 Å². The Morgan fingerprint density at radius 3 is 1.65 bits per heavy atom. The van der Waals surface area contributed by atoms with Crippen molar-refractivity contribution in [3.8, 4) is 0 Å². The van der Waals surface area contributed by atoms with Crippen LogP contribution in [0, 0.1) is 13.8 Å². The lowest BCUT2D eigenvalue weighted by atomic mass is 9.33. The maximum atomic E-state index is 2.70. The number of benzene rings is 6. The SMILES string of the molecule is Cc1cc(C(C)(C)C)ccc1N1c2cc3c(cc2B2c4c1cc(C(C)(C)C)cc4N(c1ccccc1C)c1ccc4c(sc5ccc(C(C)(C)C)cc54)c12)C(C)(C)CCC3(C)C. The lowest BCUT2D eigenvalue weighted by Gasteiger charge is -2.48. The highest BCUT2D eigenvalue weighted by atomic mass is 32.1. The smallest absolute Gasteiger partial charge is 0.254 e. The number of rotatable bonds is 2. The van der Waals surface area contributed by atoms with Gasteiger partial charge < -0.3 is 9.80 Å². The maximum Gasteiger partial charge on any atom is 0.254 e. The topological polar surface area (TPSA) is 6.48 Å². The fourth-order valence-corrected chi connectivity index (χ4v) is 12.2. The first-order chi connectivity index (χ1) is 29.0. The summed E-state index contributed by atoms with van der Waals surface area (Å²) >= 11 is 1.99. The van der Waals surface area contributed by atoms with Gasteiger partial charge in [0.05, 0.1) is 0 Å². The van der Waals surface area contributed by atoms with Gasteiger partial charge in [-0.3, -0.25) is 0 Å². The van der Waals surface area contributed by atoms with Gasteiger partial charge in [-0.1, -0.05) is 139 Å². The van der Waals surface area contributed by atoms with Gasteiger partial charge in [0.1, 0.15) is 0 Å². The van der Waals surface area contributed by atoms with Gasteiger partial charge in [0.25, 0.3) is 6.71 Å². The van der Waals surface area contributed by atoms with Crippen LogP contribution in [0.4, 0.5) is 34.1 Å². The van der Waals surface area contributed by atoms with Crippen molar-refractivity contribution < 1.29 is 0 Å². The summed E-state index contributed by atoms with van der Waals surface area (Å²) in [6.07, 6.45) is 2.36. The number of hydrogen-bond donors (Lipinski definition) is 0. The van der Waals surface area contributed by atoms with Crippen LogP contribution in [0.2, 0.25) is 0 Å². The molecule has 0 amide bonds. The minimum atomic E-state index is -0.0855. The van der Waals surface area contributed by atoms with E-state index < -0.39 is 0 Å². The molecule has 1 aromatic heterocycles. The largest absolute Gasteiger partial charge is 0.311 e. The molecule has 4 heteroatoms. The molecule has 0 fully saturated rings. The summed E-state index contributed by atoms with van der Waals surface area (Å²) in [5.41, 5.74) is 21.9. The molecule has 62 heavy (non-hydrogen) atoms. The molecule has 2 nitrogen and oxygen atoms in total. The molecule has 3 aliphatic rings. The molecule has 10 rings (SSSR count). The second-order valence-corrected chi connectivity index (χ2v) is 24.5. The molecule has 0 unspecified atom stereocenters. The van der Waals surface area contributed by atoms with E-state index in [1.165, 1.54) is 122 Å². The summed E-state index contributed by atoms with van der Waals surface area (Å²) < 4.78 is 2.77. The normalized spacial score (nSPS) is 16.7. The third kappa shape index (κ3) is 6.16. The maximum absolute atomic E-state index is 2.70. The van der Waals surface area contributed by atoms with Crippen LogP contribution in [0.25, 0.3) is 20.2 Å². The molecule has 316 valence electrons. The van der Waals surface area contributed by atoms with Crippen LogP contribution in [0.15, 0.2) is 97.1 Å². The zero-order chi connectivity index (χ0) is 44.2. The number of para-hydroxylation sites is 1. The lowest BCUT2D eigenvalue weighted by Crippen LogP contribution is -2.62. The first-order valence-electron chi connectivity index (χ1n) is 23.1. The van der Waals surface area contributed by atoms with E-state index in [4.69, 9.17) is 0 Å². The third-order valence-electron chi connectivity index (χ3n) is 15.0. The summed E-state index contributed by atoms with van der Waals surface area (Å²) in [7, 11) is 0. The van der Waals surface area contributed by atoms with Gasteiger partial charge in [-0.2, -0.15) is 0 Å². The molecular weight excluding hydrogens is 768 g/mol. The van der Waals surface area contributed by atoms with Crippen molar-refractivity contribution >= 4 is 88.7 Å². The van der Waals surface area contributed by atoms with Crippen LogP contribution in [0.3, 0.4) is 0 Å². The molecule has 0 saturated carbocycles. The lowest BCUT2D eigenvalue weighted by molar-refractivity contribution is 0.332. The second-order valence-electron chi connectivity index (χ2n) is 23.5. The average Bonchev–Trinajstić information content (AvgIpc) is 3.57. The van der Waals surface area contributed by atoms with Crippen molar-refractivity contribution in [1.82, 2.24) is 0 Å². The van der Waals surface area contributed by atoms with E-state index in [0.29, 0.717) is 0 Å². The summed E-state index contributed by atoms with van der Waals surface area (Å²) in [6, 6.07) is 38.9. The minimum Gasteiger partial charge on any atom is -0.311 e. The predicted molar refractivity (Wildman–Crippen MR) is 274 cm³/mol. The zero-order valence-electron chi connectivity index (χ0n) is 40.0. The van der Waals surface area contributed by atoms with Crippen LogP contribution in [-0.4, -0.2) is 6.71 Å². The van der Waals surface area contributed by atoms with Crippen LogP contribution in [-0.2, 0) is 27.1 Å². The van der Waals surface area contributed by atoms with Crippen molar-refractivity contribution in [1.29, 1.82) is 0 Å². The van der Waals surface area contributed by atoms with E-state index in [2.05, 4.69) is 211 Å². The van der Waals surface area contributed by atoms with E-state index in [-0.39, 0.29) is 33.8 Å². The van der Waals surface area contributed by atoms with E-state index >= 15 is 0 Å². The summed E-state index contributed by atoms with van der Waals surface area (Å²) in [4.78, 5) is 5.34. The standard InChI is InChI=1S/C58H65BN2S/c1-34-18-16-17-19-44(34)60-46-24-22-39-40-29-37(55(6,7)8)21-25-50(40)62-53(39)52(46)59-43-32-41-42(58(14,15)27-26-57(41,12)13)33-47(43)61(45-23-20-36(28-35(45)2)54(3,4)5)49-31-38(56(9,10)11)30-48(60)51(49)59/h16-25,28-33H,26-27H2,1-15H3. The minimum absolute atomic E-state index is 0.0367. The Labute approximate surface area is 376 Å². The number of thiophene rings is 1. The van der Waals surface area contributed by atoms with Gasteiger partial charge in [0.15, 0.2) is 0 Å². The monoisotopic (exact) mass is 832 g/mol. The van der Waals surface area contributed by atoms with Crippen LogP contribution in [0.5, 0.6) is 0 Å². The van der Waals surface area contributed by atoms with Crippen molar-refractivity contribution in [2.24, 2.45) is 0 Å². The van der Waals surface area contributed by atoms with Crippen LogP contribution in [0.1, 0.15) is 142 Å². The van der Waals surface area contributed by atoms with Crippen molar-refractivity contribution in [2.75, 3.05) is 9.80 Å². The Bertz CT molecular complexity index is 3010. The van der Waals surface area contributed by atoms with Crippen LogP contribution < -0.4 is 26.2 Å². The Hall–Kier alpha value is -4.80. The van der Waals surface area contributed by atoms with E-state index in [9.17, 15) is 0 Å². The molecular formula is C58H65BN2S. The van der Waals surface area contributed by atoms with Crippen LogP contribution >= 0.6 is 11.3 Å². The average molecular weight is 833 g/mol. The molecule has 1 aliphatic carbocycles. The number of nitrogens with zero attached hydrogens (tertiary/aromatic N) is 2. The predicted octanol–water partition coefficient (Wildman–Crippen LogP) is 15.0. The molecule has 0 radical (unpaired) electrons. The second kappa shape index (κ2) is 13.4. The number of hydrogen-bond acceptors (Lipinski definition) is 3.